The molecule has 2 amide bonds. The second kappa shape index (κ2) is 19.1. The summed E-state index contributed by atoms with van der Waals surface area (Å²) in [4.78, 5) is 24.5. The molecular formula is C35H62N2O3. The van der Waals surface area contributed by atoms with Gasteiger partial charge in [-0.3, -0.25) is 20.4 Å². The Balaban J connectivity index is 2.18. The van der Waals surface area contributed by atoms with Crippen LogP contribution in [0.3, 0.4) is 0 Å². The molecule has 230 valence electrons. The van der Waals surface area contributed by atoms with Crippen LogP contribution in [0.25, 0.3) is 0 Å². The van der Waals surface area contributed by atoms with E-state index in [9.17, 15) is 14.7 Å². The number of phenols is 1. The van der Waals surface area contributed by atoms with E-state index in [-0.39, 0.29) is 29.1 Å². The third kappa shape index (κ3) is 15.7. The van der Waals surface area contributed by atoms with Crippen molar-refractivity contribution < 1.29 is 14.7 Å². The van der Waals surface area contributed by atoms with Crippen LogP contribution >= 0.6 is 0 Å². The van der Waals surface area contributed by atoms with E-state index in [2.05, 4.69) is 59.3 Å². The Hall–Kier alpha value is -2.04. The van der Waals surface area contributed by atoms with E-state index in [1.807, 2.05) is 12.1 Å². The Kier molecular flexibility index (Phi) is 17.2. The number of hydrogen-bond donors (Lipinski definition) is 3. The topological polar surface area (TPSA) is 78.4 Å². The number of benzene rings is 1. The first-order chi connectivity index (χ1) is 18.9. The average molecular weight is 559 g/mol. The largest absolute Gasteiger partial charge is 0.507 e. The smallest absolute Gasteiger partial charge is 0.238 e. The molecule has 0 radical (unpaired) electrons. The fraction of sp³-hybridized carbons (Fsp3) is 0.771. The van der Waals surface area contributed by atoms with Crippen LogP contribution in [0.1, 0.15) is 174 Å². The average Bonchev–Trinajstić information content (AvgIpc) is 2.87. The second-order valence-corrected chi connectivity index (χ2v) is 13.8. The zero-order valence-electron chi connectivity index (χ0n) is 27.1. The second-order valence-electron chi connectivity index (χ2n) is 13.8. The third-order valence-corrected chi connectivity index (χ3v) is 7.78. The monoisotopic (exact) mass is 558 g/mol. The molecule has 1 rings (SSSR count). The highest BCUT2D eigenvalue weighted by Crippen LogP contribution is 2.40. The molecule has 5 heteroatoms. The van der Waals surface area contributed by atoms with Gasteiger partial charge in [-0.15, -0.1) is 0 Å². The van der Waals surface area contributed by atoms with Crippen molar-refractivity contribution in [1.29, 1.82) is 0 Å². The maximum Gasteiger partial charge on any atom is 0.238 e. The van der Waals surface area contributed by atoms with Crippen LogP contribution in [0.15, 0.2) is 12.1 Å². The minimum Gasteiger partial charge on any atom is -0.507 e. The molecule has 0 spiro atoms. The van der Waals surface area contributed by atoms with Crippen molar-refractivity contribution in [2.24, 2.45) is 0 Å². The van der Waals surface area contributed by atoms with Crippen molar-refractivity contribution in [3.63, 3.8) is 0 Å². The number of aryl methyl sites for hydroxylation is 1. The summed E-state index contributed by atoms with van der Waals surface area (Å²) in [6.45, 7) is 14.8. The van der Waals surface area contributed by atoms with Crippen LogP contribution in [0.5, 0.6) is 5.75 Å². The van der Waals surface area contributed by atoms with E-state index in [4.69, 9.17) is 0 Å². The predicted octanol–water partition coefficient (Wildman–Crippen LogP) is 9.33. The van der Waals surface area contributed by atoms with Crippen molar-refractivity contribution in [2.75, 3.05) is 0 Å². The molecule has 0 aliphatic carbocycles. The van der Waals surface area contributed by atoms with E-state index in [0.29, 0.717) is 18.6 Å². The lowest BCUT2D eigenvalue weighted by Gasteiger charge is -2.28. The number of carbonyl (C=O) groups excluding carboxylic acids is 2. The van der Waals surface area contributed by atoms with Crippen LogP contribution in [0, 0.1) is 0 Å². The minimum absolute atomic E-state index is 0.127. The summed E-state index contributed by atoms with van der Waals surface area (Å²) in [5.74, 6) is 0.0181. The molecule has 0 aliphatic heterocycles. The Bertz CT molecular complexity index is 829. The van der Waals surface area contributed by atoms with E-state index in [1.54, 1.807) is 0 Å². The molecule has 1 aromatic carbocycles. The lowest BCUT2D eigenvalue weighted by molar-refractivity contribution is -0.128. The van der Waals surface area contributed by atoms with Crippen molar-refractivity contribution in [3.05, 3.63) is 28.8 Å². The molecule has 0 atom stereocenters. The van der Waals surface area contributed by atoms with E-state index < -0.39 is 0 Å². The molecular weight excluding hydrogens is 496 g/mol. The first-order valence-electron chi connectivity index (χ1n) is 16.3. The standard InChI is InChI=1S/C35H62N2O3/c1-8-9-10-11-12-13-14-15-16-17-18-19-20-21-22-23-31(38)36-37-32(39)25-24-28-26-29(34(2,3)4)33(40)30(27-28)35(5,6)7/h26-27,40H,8-25H2,1-7H3,(H,36,38)(H,37,39). The van der Waals surface area contributed by atoms with Gasteiger partial charge in [-0.1, -0.05) is 150 Å². The zero-order valence-corrected chi connectivity index (χ0v) is 27.1. The summed E-state index contributed by atoms with van der Waals surface area (Å²) >= 11 is 0. The fourth-order valence-corrected chi connectivity index (χ4v) is 5.16. The van der Waals surface area contributed by atoms with Gasteiger partial charge in [0.2, 0.25) is 11.8 Å². The number of rotatable bonds is 19. The molecule has 3 N–H and O–H groups in total. The summed E-state index contributed by atoms with van der Waals surface area (Å²) in [6, 6.07) is 4.01. The van der Waals surface area contributed by atoms with E-state index in [1.165, 1.54) is 83.5 Å². The number of unbranched alkanes of at least 4 members (excludes halogenated alkanes) is 14. The lowest BCUT2D eigenvalue weighted by Crippen LogP contribution is -2.41. The van der Waals surface area contributed by atoms with E-state index in [0.717, 1.165) is 29.5 Å². The molecule has 5 nitrogen and oxygen atoms in total. The van der Waals surface area contributed by atoms with Gasteiger partial charge < -0.3 is 5.11 Å². The number of carbonyl (C=O) groups is 2. The van der Waals surface area contributed by atoms with E-state index >= 15 is 0 Å². The van der Waals surface area contributed by atoms with Crippen molar-refractivity contribution >= 4 is 11.8 Å². The molecule has 0 saturated heterocycles. The molecule has 0 fully saturated rings. The number of hydrazine groups is 1. The first-order valence-corrected chi connectivity index (χ1v) is 16.3. The maximum atomic E-state index is 12.4. The highest BCUT2D eigenvalue weighted by atomic mass is 16.3. The van der Waals surface area contributed by atoms with Gasteiger partial charge in [-0.25, -0.2) is 0 Å². The van der Waals surface area contributed by atoms with Crippen LogP contribution < -0.4 is 10.9 Å². The van der Waals surface area contributed by atoms with Gasteiger partial charge in [0.15, 0.2) is 0 Å². The first kappa shape index (κ1) is 36.0. The molecule has 1 aromatic rings. The lowest BCUT2D eigenvalue weighted by atomic mass is 9.78. The van der Waals surface area contributed by atoms with Gasteiger partial charge in [0.1, 0.15) is 5.75 Å². The Morgan fingerprint density at radius 2 is 0.950 bits per heavy atom. The maximum absolute atomic E-state index is 12.4. The molecule has 0 aliphatic rings. The predicted molar refractivity (Wildman–Crippen MR) is 170 cm³/mol. The number of nitrogens with one attached hydrogen (secondary N) is 2. The molecule has 0 unspecified atom stereocenters. The van der Waals surface area contributed by atoms with Gasteiger partial charge >= 0.3 is 0 Å². The summed E-state index contributed by atoms with van der Waals surface area (Å²) in [5, 5.41) is 10.9. The SMILES string of the molecule is CCCCCCCCCCCCCCCCCC(=O)NNC(=O)CCc1cc(C(C)(C)C)c(O)c(C(C)(C)C)c1. The highest BCUT2D eigenvalue weighted by molar-refractivity contribution is 5.82. The Morgan fingerprint density at radius 1 is 0.600 bits per heavy atom. The summed E-state index contributed by atoms with van der Waals surface area (Å²) in [6.07, 6.45) is 20.7. The van der Waals surface area contributed by atoms with Gasteiger partial charge in [0, 0.05) is 12.8 Å². The van der Waals surface area contributed by atoms with Crippen LogP contribution in [-0.2, 0) is 26.8 Å². The number of aromatic hydroxyl groups is 1. The Morgan fingerprint density at radius 3 is 1.32 bits per heavy atom. The van der Waals surface area contributed by atoms with Crippen molar-refractivity contribution in [2.45, 2.75) is 175 Å². The Labute approximate surface area is 246 Å². The number of amides is 2. The summed E-state index contributed by atoms with van der Waals surface area (Å²) < 4.78 is 0. The number of hydrogen-bond acceptors (Lipinski definition) is 3. The zero-order chi connectivity index (χ0) is 30.0. The molecule has 0 heterocycles. The fourth-order valence-electron chi connectivity index (χ4n) is 5.16. The minimum atomic E-state index is -0.205. The number of phenolic OH excluding ortho intramolecular Hbond substituents is 1. The van der Waals surface area contributed by atoms with Gasteiger partial charge in [-0.2, -0.15) is 0 Å². The molecule has 0 aromatic heterocycles. The molecule has 40 heavy (non-hydrogen) atoms. The van der Waals surface area contributed by atoms with Crippen molar-refractivity contribution in [3.8, 4) is 5.75 Å². The highest BCUT2D eigenvalue weighted by Gasteiger charge is 2.26. The summed E-state index contributed by atoms with van der Waals surface area (Å²) in [5.41, 5.74) is 7.54. The van der Waals surface area contributed by atoms with Crippen LogP contribution in [-0.4, -0.2) is 16.9 Å². The van der Waals surface area contributed by atoms with Gasteiger partial charge in [-0.05, 0) is 40.4 Å². The van der Waals surface area contributed by atoms with Gasteiger partial charge in [0.05, 0.1) is 0 Å². The summed E-state index contributed by atoms with van der Waals surface area (Å²) in [7, 11) is 0. The van der Waals surface area contributed by atoms with Gasteiger partial charge in [0.25, 0.3) is 0 Å². The normalized spacial score (nSPS) is 12.0. The third-order valence-electron chi connectivity index (χ3n) is 7.78. The van der Waals surface area contributed by atoms with Crippen LogP contribution in [0.4, 0.5) is 0 Å². The van der Waals surface area contributed by atoms with Crippen LogP contribution in [0.2, 0.25) is 0 Å². The molecule has 0 saturated carbocycles. The molecule has 0 bridgehead atoms. The van der Waals surface area contributed by atoms with Crippen molar-refractivity contribution in [1.82, 2.24) is 10.9 Å². The quantitative estimate of drug-likeness (QED) is 0.117.